The van der Waals surface area contributed by atoms with Crippen molar-refractivity contribution < 1.29 is 10.2 Å². The molecule has 1 rings (SSSR count). The lowest BCUT2D eigenvalue weighted by molar-refractivity contribution is 0.0909. The van der Waals surface area contributed by atoms with Crippen molar-refractivity contribution in [3.8, 4) is 0 Å². The van der Waals surface area contributed by atoms with Gasteiger partial charge in [0.05, 0.1) is 6.10 Å². The molecule has 0 aromatic carbocycles. The van der Waals surface area contributed by atoms with Gasteiger partial charge >= 0.3 is 0 Å². The minimum absolute atomic E-state index is 0.0461. The van der Waals surface area contributed by atoms with Crippen LogP contribution >= 0.6 is 0 Å². The third-order valence-electron chi connectivity index (χ3n) is 2.20. The van der Waals surface area contributed by atoms with Crippen molar-refractivity contribution in [2.24, 2.45) is 11.6 Å². The molecule has 0 saturated heterocycles. The predicted molar refractivity (Wildman–Crippen MR) is 39.5 cm³/mol. The van der Waals surface area contributed by atoms with Crippen LogP contribution in [0, 0.1) is 5.92 Å². The molecule has 0 aromatic rings. The number of aliphatic hydroxyl groups excluding tert-OH is 2. The number of hydrogen-bond acceptors (Lipinski definition) is 3. The molecular formula is C6H13BNO2. The molecule has 4 heteroatoms. The Hall–Kier alpha value is -0.0551. The van der Waals surface area contributed by atoms with Crippen LogP contribution in [0.25, 0.3) is 0 Å². The fraction of sp³-hybridized carbons (Fsp3) is 1.00. The molecule has 1 radical (unpaired) electrons. The van der Waals surface area contributed by atoms with Crippen LogP contribution in [0.3, 0.4) is 0 Å². The maximum Gasteiger partial charge on any atom is 0.205 e. The second kappa shape index (κ2) is 3.37. The van der Waals surface area contributed by atoms with Crippen molar-refractivity contribution >= 4 is 7.41 Å². The molecule has 1 fully saturated rings. The monoisotopic (exact) mass is 142 g/mol. The minimum atomic E-state index is -0.352. The molecule has 3 atom stereocenters. The SMILES string of the molecule is N[B][C@H]1C[C@@H](CO)[C@@H](O)C1. The van der Waals surface area contributed by atoms with Crippen LogP contribution in [0.4, 0.5) is 0 Å². The molecule has 1 aliphatic carbocycles. The zero-order chi connectivity index (χ0) is 7.56. The third kappa shape index (κ3) is 1.51. The molecule has 0 aromatic heterocycles. The molecule has 0 aliphatic heterocycles. The second-order valence-corrected chi connectivity index (χ2v) is 2.93. The average Bonchev–Trinajstić information content (AvgIpc) is 2.30. The predicted octanol–water partition coefficient (Wildman–Crippen LogP) is -0.884. The molecule has 4 N–H and O–H groups in total. The van der Waals surface area contributed by atoms with E-state index in [1.54, 1.807) is 7.41 Å². The summed E-state index contributed by atoms with van der Waals surface area (Å²) in [5.41, 5.74) is 5.30. The van der Waals surface area contributed by atoms with Gasteiger partial charge in [-0.1, -0.05) is 0 Å². The number of hydrogen-bond donors (Lipinski definition) is 3. The van der Waals surface area contributed by atoms with E-state index < -0.39 is 0 Å². The zero-order valence-electron chi connectivity index (χ0n) is 5.90. The van der Waals surface area contributed by atoms with E-state index in [1.165, 1.54) is 0 Å². The van der Waals surface area contributed by atoms with Crippen LogP contribution in [0.2, 0.25) is 5.82 Å². The van der Waals surface area contributed by atoms with Crippen LogP contribution in [0.1, 0.15) is 12.8 Å². The van der Waals surface area contributed by atoms with Gasteiger partial charge in [0.15, 0.2) is 0 Å². The first-order valence-electron chi connectivity index (χ1n) is 3.62. The lowest BCUT2D eigenvalue weighted by atomic mass is 9.75. The van der Waals surface area contributed by atoms with E-state index in [4.69, 9.17) is 10.8 Å². The van der Waals surface area contributed by atoms with Gasteiger partial charge in [-0.2, -0.15) is 0 Å². The Morgan fingerprint density at radius 3 is 2.50 bits per heavy atom. The van der Waals surface area contributed by atoms with E-state index in [9.17, 15) is 5.11 Å². The Kier molecular flexibility index (Phi) is 2.71. The molecule has 1 saturated carbocycles. The molecule has 0 amide bonds. The summed E-state index contributed by atoms with van der Waals surface area (Å²) >= 11 is 0. The van der Waals surface area contributed by atoms with E-state index in [-0.39, 0.29) is 18.6 Å². The summed E-state index contributed by atoms with van der Waals surface area (Å²) < 4.78 is 0. The average molecular weight is 142 g/mol. The van der Waals surface area contributed by atoms with Gasteiger partial charge in [-0.15, -0.1) is 0 Å². The summed E-state index contributed by atoms with van der Waals surface area (Å²) in [4.78, 5) is 0. The van der Waals surface area contributed by atoms with Crippen molar-refractivity contribution in [3.63, 3.8) is 0 Å². The van der Waals surface area contributed by atoms with E-state index in [1.807, 2.05) is 0 Å². The maximum absolute atomic E-state index is 9.25. The normalized spacial score (nSPS) is 40.1. The minimum Gasteiger partial charge on any atom is -0.396 e. The van der Waals surface area contributed by atoms with Crippen LogP contribution in [-0.4, -0.2) is 30.3 Å². The Labute approximate surface area is 61.5 Å². The smallest absolute Gasteiger partial charge is 0.205 e. The molecule has 1 aliphatic rings. The Bertz CT molecular complexity index is 112. The molecule has 0 heterocycles. The van der Waals surface area contributed by atoms with Gasteiger partial charge in [-0.25, -0.2) is 0 Å². The van der Waals surface area contributed by atoms with Crippen LogP contribution < -0.4 is 5.64 Å². The first-order valence-corrected chi connectivity index (χ1v) is 3.62. The number of nitrogens with two attached hydrogens (primary N) is 1. The highest BCUT2D eigenvalue weighted by Crippen LogP contribution is 2.33. The van der Waals surface area contributed by atoms with Crippen molar-refractivity contribution in [2.75, 3.05) is 6.61 Å². The molecule has 10 heavy (non-hydrogen) atoms. The summed E-state index contributed by atoms with van der Waals surface area (Å²) in [6.45, 7) is 0.0749. The summed E-state index contributed by atoms with van der Waals surface area (Å²) in [5, 5.41) is 18.0. The van der Waals surface area contributed by atoms with E-state index in [0.717, 1.165) is 6.42 Å². The lowest BCUT2D eigenvalue weighted by Crippen LogP contribution is -2.16. The van der Waals surface area contributed by atoms with Crippen molar-refractivity contribution in [1.29, 1.82) is 0 Å². The van der Waals surface area contributed by atoms with Gasteiger partial charge in [-0.05, 0) is 18.7 Å². The summed E-state index contributed by atoms with van der Waals surface area (Å²) in [6, 6.07) is 0. The Balaban J connectivity index is 2.36. The highest BCUT2D eigenvalue weighted by molar-refractivity contribution is 6.33. The molecule has 57 valence electrons. The van der Waals surface area contributed by atoms with Gasteiger partial charge in [0.1, 0.15) is 0 Å². The topological polar surface area (TPSA) is 66.5 Å². The quantitative estimate of drug-likeness (QED) is 0.438. The largest absolute Gasteiger partial charge is 0.396 e. The highest BCUT2D eigenvalue weighted by Gasteiger charge is 2.31. The van der Waals surface area contributed by atoms with Crippen molar-refractivity contribution in [2.45, 2.75) is 24.8 Å². The third-order valence-corrected chi connectivity index (χ3v) is 2.20. The fourth-order valence-electron chi connectivity index (χ4n) is 1.50. The Morgan fingerprint density at radius 1 is 1.50 bits per heavy atom. The maximum atomic E-state index is 9.25. The van der Waals surface area contributed by atoms with E-state index in [0.29, 0.717) is 12.2 Å². The number of rotatable bonds is 2. The fourth-order valence-corrected chi connectivity index (χ4v) is 1.50. The van der Waals surface area contributed by atoms with Gasteiger partial charge in [0, 0.05) is 12.5 Å². The van der Waals surface area contributed by atoms with Gasteiger partial charge < -0.3 is 15.9 Å². The van der Waals surface area contributed by atoms with Crippen LogP contribution in [0.5, 0.6) is 0 Å². The Morgan fingerprint density at radius 2 is 2.20 bits per heavy atom. The van der Waals surface area contributed by atoms with Crippen molar-refractivity contribution in [1.82, 2.24) is 0 Å². The summed E-state index contributed by atoms with van der Waals surface area (Å²) in [5.74, 6) is 0.344. The molecular weight excluding hydrogens is 129 g/mol. The van der Waals surface area contributed by atoms with Gasteiger partial charge in [0.2, 0.25) is 7.41 Å². The van der Waals surface area contributed by atoms with Crippen LogP contribution in [0.15, 0.2) is 0 Å². The zero-order valence-corrected chi connectivity index (χ0v) is 5.90. The highest BCUT2D eigenvalue weighted by atomic mass is 16.3. The molecule has 0 bridgehead atoms. The van der Waals surface area contributed by atoms with Crippen LogP contribution in [-0.2, 0) is 0 Å². The van der Waals surface area contributed by atoms with Crippen molar-refractivity contribution in [3.05, 3.63) is 0 Å². The van der Waals surface area contributed by atoms with Gasteiger partial charge in [0.25, 0.3) is 0 Å². The van der Waals surface area contributed by atoms with Gasteiger partial charge in [-0.3, -0.25) is 0 Å². The standard InChI is InChI=1S/C6H13BNO2/c8-7-5-1-4(3-9)6(10)2-5/h4-6,9-10H,1-3,8H2/t4-,5-,6-/m0/s1. The van der Waals surface area contributed by atoms with E-state index in [2.05, 4.69) is 0 Å². The lowest BCUT2D eigenvalue weighted by Gasteiger charge is -2.08. The first kappa shape index (κ1) is 8.05. The number of aliphatic hydroxyl groups is 2. The molecule has 3 nitrogen and oxygen atoms in total. The molecule has 0 spiro atoms. The second-order valence-electron chi connectivity index (χ2n) is 2.93. The molecule has 0 unspecified atom stereocenters. The summed E-state index contributed by atoms with van der Waals surface area (Å²) in [7, 11) is 1.61. The summed E-state index contributed by atoms with van der Waals surface area (Å²) in [6.07, 6.45) is 1.19. The van der Waals surface area contributed by atoms with E-state index >= 15 is 0 Å². The first-order chi connectivity index (χ1) is 4.77.